The van der Waals surface area contributed by atoms with Crippen molar-refractivity contribution in [1.29, 1.82) is 0 Å². The molecule has 0 radical (unpaired) electrons. The molecule has 104 valence electrons. The number of hydrogen-bond donors (Lipinski definition) is 1. The third-order valence-electron chi connectivity index (χ3n) is 4.10. The van der Waals surface area contributed by atoms with Gasteiger partial charge in [-0.25, -0.2) is 4.79 Å². The van der Waals surface area contributed by atoms with Crippen LogP contribution in [-0.4, -0.2) is 67.8 Å². The van der Waals surface area contributed by atoms with E-state index < -0.39 is 0 Å². The van der Waals surface area contributed by atoms with Gasteiger partial charge in [-0.15, -0.1) is 0 Å². The van der Waals surface area contributed by atoms with Gasteiger partial charge in [0, 0.05) is 38.8 Å². The summed E-state index contributed by atoms with van der Waals surface area (Å²) in [6.45, 7) is 10.4. The predicted octanol–water partition coefficient (Wildman–Crippen LogP) is 0.759. The van der Waals surface area contributed by atoms with Crippen molar-refractivity contribution in [1.82, 2.24) is 15.1 Å². The van der Waals surface area contributed by atoms with E-state index in [2.05, 4.69) is 17.1 Å². The fraction of sp³-hybridized carbons (Fsp3) is 0.923. The molecule has 0 aromatic rings. The van der Waals surface area contributed by atoms with E-state index in [1.807, 2.05) is 11.8 Å². The first-order valence-corrected chi connectivity index (χ1v) is 7.09. The van der Waals surface area contributed by atoms with Crippen LogP contribution in [0.1, 0.15) is 20.3 Å². The Morgan fingerprint density at radius 1 is 1.33 bits per heavy atom. The summed E-state index contributed by atoms with van der Waals surface area (Å²) >= 11 is 0. The summed E-state index contributed by atoms with van der Waals surface area (Å²) in [5, 5.41) is 3.47. The van der Waals surface area contributed by atoms with Crippen LogP contribution in [0.5, 0.6) is 0 Å². The summed E-state index contributed by atoms with van der Waals surface area (Å²) in [6.07, 6.45) is 1.09. The summed E-state index contributed by atoms with van der Waals surface area (Å²) in [5.74, 6) is 0.750. The van der Waals surface area contributed by atoms with Crippen molar-refractivity contribution in [3.05, 3.63) is 0 Å². The van der Waals surface area contributed by atoms with Crippen molar-refractivity contribution in [3.63, 3.8) is 0 Å². The molecule has 5 heteroatoms. The fourth-order valence-electron chi connectivity index (χ4n) is 2.91. The number of hydrogen-bond acceptors (Lipinski definition) is 4. The molecule has 1 amide bonds. The standard InChI is InChI=1S/C13H25N3O2/c1-3-18-13(17)16-8-6-15(7-9-16)12-10-14-5-4-11(12)2/h11-12,14H,3-10H2,1-2H3. The van der Waals surface area contributed by atoms with E-state index in [0.29, 0.717) is 12.6 Å². The lowest BCUT2D eigenvalue weighted by atomic mass is 9.93. The zero-order valence-corrected chi connectivity index (χ0v) is 11.5. The number of amides is 1. The van der Waals surface area contributed by atoms with Gasteiger partial charge in [0.2, 0.25) is 0 Å². The molecule has 0 aliphatic carbocycles. The molecule has 2 heterocycles. The quantitative estimate of drug-likeness (QED) is 0.791. The first-order valence-electron chi connectivity index (χ1n) is 7.09. The second-order valence-corrected chi connectivity index (χ2v) is 5.26. The highest BCUT2D eigenvalue weighted by Gasteiger charge is 2.30. The normalized spacial score (nSPS) is 30.2. The van der Waals surface area contributed by atoms with Crippen molar-refractivity contribution >= 4 is 6.09 Å². The molecule has 5 nitrogen and oxygen atoms in total. The maximum Gasteiger partial charge on any atom is 0.409 e. The number of piperazine rings is 1. The Labute approximate surface area is 109 Å². The molecule has 18 heavy (non-hydrogen) atoms. The summed E-state index contributed by atoms with van der Waals surface area (Å²) < 4.78 is 5.04. The van der Waals surface area contributed by atoms with Gasteiger partial charge >= 0.3 is 6.09 Å². The number of nitrogens with one attached hydrogen (secondary N) is 1. The zero-order valence-electron chi connectivity index (χ0n) is 11.5. The molecule has 2 saturated heterocycles. The van der Waals surface area contributed by atoms with Crippen LogP contribution in [-0.2, 0) is 4.74 Å². The van der Waals surface area contributed by atoms with E-state index in [4.69, 9.17) is 4.74 Å². The second-order valence-electron chi connectivity index (χ2n) is 5.26. The van der Waals surface area contributed by atoms with Gasteiger partial charge in [-0.1, -0.05) is 6.92 Å². The van der Waals surface area contributed by atoms with Crippen molar-refractivity contribution in [2.75, 3.05) is 45.9 Å². The van der Waals surface area contributed by atoms with Gasteiger partial charge in [0.05, 0.1) is 6.61 Å². The predicted molar refractivity (Wildman–Crippen MR) is 70.6 cm³/mol. The molecule has 2 rings (SSSR count). The van der Waals surface area contributed by atoms with E-state index in [0.717, 1.165) is 45.2 Å². The van der Waals surface area contributed by atoms with Gasteiger partial charge in [0.25, 0.3) is 0 Å². The molecule has 2 unspecified atom stereocenters. The number of piperidine rings is 1. The summed E-state index contributed by atoms with van der Waals surface area (Å²) in [6, 6.07) is 0.628. The van der Waals surface area contributed by atoms with Crippen molar-refractivity contribution in [2.24, 2.45) is 5.92 Å². The molecule has 2 aliphatic heterocycles. The van der Waals surface area contributed by atoms with Crippen LogP contribution in [0, 0.1) is 5.92 Å². The van der Waals surface area contributed by atoms with Crippen molar-refractivity contribution < 1.29 is 9.53 Å². The molecule has 0 bridgehead atoms. The van der Waals surface area contributed by atoms with E-state index in [9.17, 15) is 4.79 Å². The topological polar surface area (TPSA) is 44.8 Å². The molecule has 0 saturated carbocycles. The molecule has 1 N–H and O–H groups in total. The third-order valence-corrected chi connectivity index (χ3v) is 4.10. The lowest BCUT2D eigenvalue weighted by Crippen LogP contribution is -2.57. The monoisotopic (exact) mass is 255 g/mol. The molecular weight excluding hydrogens is 230 g/mol. The Morgan fingerprint density at radius 3 is 2.67 bits per heavy atom. The summed E-state index contributed by atoms with van der Waals surface area (Å²) in [5.41, 5.74) is 0. The first kappa shape index (κ1) is 13.6. The highest BCUT2D eigenvalue weighted by molar-refractivity contribution is 5.67. The first-order chi connectivity index (χ1) is 8.72. The fourth-order valence-corrected chi connectivity index (χ4v) is 2.91. The Hall–Kier alpha value is -0.810. The van der Waals surface area contributed by atoms with Gasteiger partial charge in [0.1, 0.15) is 0 Å². The Morgan fingerprint density at radius 2 is 2.06 bits per heavy atom. The van der Waals surface area contributed by atoms with Crippen LogP contribution in [0.4, 0.5) is 4.79 Å². The highest BCUT2D eigenvalue weighted by atomic mass is 16.6. The maximum absolute atomic E-state index is 11.6. The highest BCUT2D eigenvalue weighted by Crippen LogP contribution is 2.19. The smallest absolute Gasteiger partial charge is 0.409 e. The van der Waals surface area contributed by atoms with Gasteiger partial charge in [0.15, 0.2) is 0 Å². The Balaban J connectivity index is 1.80. The maximum atomic E-state index is 11.6. The van der Waals surface area contributed by atoms with Crippen LogP contribution < -0.4 is 5.32 Å². The molecular formula is C13H25N3O2. The van der Waals surface area contributed by atoms with E-state index in [-0.39, 0.29) is 6.09 Å². The average molecular weight is 255 g/mol. The third kappa shape index (κ3) is 3.14. The number of nitrogens with zero attached hydrogens (tertiary/aromatic N) is 2. The SMILES string of the molecule is CCOC(=O)N1CCN(C2CNCCC2C)CC1. The van der Waals surface area contributed by atoms with Crippen LogP contribution in [0.15, 0.2) is 0 Å². The Bertz CT molecular complexity index is 277. The lowest BCUT2D eigenvalue weighted by molar-refractivity contribution is 0.0480. The minimum absolute atomic E-state index is 0.160. The molecule has 2 atom stereocenters. The van der Waals surface area contributed by atoms with Gasteiger partial charge in [-0.3, -0.25) is 4.90 Å². The van der Waals surface area contributed by atoms with Gasteiger partial charge in [-0.05, 0) is 25.8 Å². The van der Waals surface area contributed by atoms with E-state index >= 15 is 0 Å². The van der Waals surface area contributed by atoms with Crippen molar-refractivity contribution in [2.45, 2.75) is 26.3 Å². The number of rotatable bonds is 2. The molecule has 0 aromatic carbocycles. The van der Waals surface area contributed by atoms with Gasteiger partial charge in [-0.2, -0.15) is 0 Å². The second kappa shape index (κ2) is 6.38. The van der Waals surface area contributed by atoms with Gasteiger partial charge < -0.3 is 15.0 Å². The van der Waals surface area contributed by atoms with Crippen LogP contribution >= 0.6 is 0 Å². The number of ether oxygens (including phenoxy) is 1. The molecule has 2 aliphatic rings. The largest absolute Gasteiger partial charge is 0.450 e. The van der Waals surface area contributed by atoms with Crippen LogP contribution in [0.3, 0.4) is 0 Å². The van der Waals surface area contributed by atoms with Crippen molar-refractivity contribution in [3.8, 4) is 0 Å². The number of carbonyl (C=O) groups excluding carboxylic acids is 1. The zero-order chi connectivity index (χ0) is 13.0. The summed E-state index contributed by atoms with van der Waals surface area (Å²) in [4.78, 5) is 16.0. The molecule has 2 fully saturated rings. The lowest BCUT2D eigenvalue weighted by Gasteiger charge is -2.43. The molecule has 0 spiro atoms. The summed E-state index contributed by atoms with van der Waals surface area (Å²) in [7, 11) is 0. The van der Waals surface area contributed by atoms with Crippen LogP contribution in [0.25, 0.3) is 0 Å². The minimum atomic E-state index is -0.160. The van der Waals surface area contributed by atoms with Crippen LogP contribution in [0.2, 0.25) is 0 Å². The Kier molecular flexibility index (Phi) is 4.83. The minimum Gasteiger partial charge on any atom is -0.450 e. The number of carbonyl (C=O) groups is 1. The average Bonchev–Trinajstić information content (AvgIpc) is 2.40. The van der Waals surface area contributed by atoms with E-state index in [1.165, 1.54) is 6.42 Å². The van der Waals surface area contributed by atoms with E-state index in [1.54, 1.807) is 0 Å². The molecule has 0 aromatic heterocycles.